The van der Waals surface area contributed by atoms with E-state index in [0.29, 0.717) is 13.0 Å². The van der Waals surface area contributed by atoms with E-state index in [1.54, 1.807) is 4.90 Å². The monoisotopic (exact) mass is 672 g/mol. The summed E-state index contributed by atoms with van der Waals surface area (Å²) in [7, 11) is 0. The molecule has 0 spiro atoms. The van der Waals surface area contributed by atoms with Crippen LogP contribution in [-0.2, 0) is 4.74 Å². The maximum absolute atomic E-state index is 17.1. The minimum atomic E-state index is -0.968. The fourth-order valence-electron chi connectivity index (χ4n) is 7.54. The minimum absolute atomic E-state index is 0.00810. The second kappa shape index (κ2) is 11.0. The quantitative estimate of drug-likeness (QED) is 0.305. The lowest BCUT2D eigenvalue weighted by Crippen LogP contribution is -2.45. The average Bonchev–Trinajstić information content (AvgIpc) is 3.76. The van der Waals surface area contributed by atoms with E-state index in [4.69, 9.17) is 36.5 Å². The predicted molar refractivity (Wildman–Crippen MR) is 166 cm³/mol. The smallest absolute Gasteiger partial charge is 0.319 e. The molecule has 2 unspecified atom stereocenters. The molecule has 4 aliphatic rings. The van der Waals surface area contributed by atoms with Gasteiger partial charge in [0.25, 0.3) is 0 Å². The number of aliphatic hydroxyl groups is 1. The average molecular weight is 673 g/mol. The van der Waals surface area contributed by atoms with Gasteiger partial charge in [-0.1, -0.05) is 17.7 Å². The zero-order chi connectivity index (χ0) is 31.9. The van der Waals surface area contributed by atoms with Crippen molar-refractivity contribution in [2.24, 2.45) is 0 Å². The number of halogens is 4. The molecule has 0 radical (unpaired) electrons. The molecule has 4 atom stereocenters. The molecule has 4 aromatic rings. The first-order chi connectivity index (χ1) is 22.2. The Bertz CT molecular complexity index is 1960. The van der Waals surface area contributed by atoms with Crippen LogP contribution in [0, 0.1) is 23.0 Å². The van der Waals surface area contributed by atoms with Crippen LogP contribution >= 0.6 is 22.9 Å². The maximum atomic E-state index is 17.1. The molecular weight excluding hydrogens is 645 g/mol. The highest BCUT2D eigenvalue weighted by atomic mass is 35.5. The van der Waals surface area contributed by atoms with Gasteiger partial charge in [-0.3, -0.25) is 4.90 Å². The fraction of sp³-hybridized carbons (Fsp3) is 0.452. The molecule has 2 aromatic carbocycles. The molecule has 3 fully saturated rings. The molecule has 0 saturated carbocycles. The lowest BCUT2D eigenvalue weighted by atomic mass is 9.95. The zero-order valence-corrected chi connectivity index (χ0v) is 25.9. The lowest BCUT2D eigenvalue weighted by molar-refractivity contribution is 0.107. The van der Waals surface area contributed by atoms with Gasteiger partial charge in [0.05, 0.1) is 58.1 Å². The normalized spacial score (nSPS) is 26.0. The van der Waals surface area contributed by atoms with Crippen LogP contribution in [0.25, 0.3) is 32.1 Å². The Morgan fingerprint density at radius 3 is 2.87 bits per heavy atom. The van der Waals surface area contributed by atoms with Gasteiger partial charge in [-0.15, -0.1) is 11.3 Å². The largest absolute Gasteiger partial charge is 0.489 e. The van der Waals surface area contributed by atoms with Crippen molar-refractivity contribution in [3.63, 3.8) is 0 Å². The van der Waals surface area contributed by atoms with Crippen molar-refractivity contribution < 1.29 is 32.5 Å². The van der Waals surface area contributed by atoms with Crippen LogP contribution in [-0.4, -0.2) is 89.9 Å². The van der Waals surface area contributed by atoms with Crippen molar-refractivity contribution >= 4 is 54.7 Å². The van der Waals surface area contributed by atoms with Crippen LogP contribution in [0.1, 0.15) is 24.8 Å². The molecule has 8 rings (SSSR count). The summed E-state index contributed by atoms with van der Waals surface area (Å²) in [5, 5.41) is 20.9. The number of nitrogens with two attached hydrogens (primary N) is 1. The number of nitrogens with zero attached hydrogens (tertiary/aromatic N) is 5. The van der Waals surface area contributed by atoms with Gasteiger partial charge < -0.3 is 30.0 Å². The van der Waals surface area contributed by atoms with Crippen LogP contribution in [0.5, 0.6) is 11.8 Å². The van der Waals surface area contributed by atoms with E-state index in [1.807, 2.05) is 6.07 Å². The second-order valence-electron chi connectivity index (χ2n) is 12.2. The Morgan fingerprint density at radius 2 is 2.09 bits per heavy atom. The number of hydrogen-bond acceptors (Lipinski definition) is 11. The second-order valence-corrected chi connectivity index (χ2v) is 13.6. The van der Waals surface area contributed by atoms with Gasteiger partial charge in [-0.05, 0) is 31.0 Å². The number of rotatable bonds is 5. The summed E-state index contributed by atoms with van der Waals surface area (Å²) in [4.78, 5) is 13.1. The molecule has 10 nitrogen and oxygen atoms in total. The first-order valence-electron chi connectivity index (χ1n) is 15.0. The van der Waals surface area contributed by atoms with Crippen LogP contribution in [0.3, 0.4) is 0 Å². The molecular formula is C31H28ClF3N6O4S. The Hall–Kier alpha value is -3.61. The summed E-state index contributed by atoms with van der Waals surface area (Å²) in [6.07, 6.45) is 0.173. The third-order valence-electron chi connectivity index (χ3n) is 9.65. The Balaban J connectivity index is 1.35. The van der Waals surface area contributed by atoms with Crippen LogP contribution in [0.4, 0.5) is 24.0 Å². The minimum Gasteiger partial charge on any atom is -0.489 e. The van der Waals surface area contributed by atoms with E-state index in [2.05, 4.69) is 9.88 Å². The fourth-order valence-corrected chi connectivity index (χ4v) is 8.82. The molecule has 2 aromatic heterocycles. The van der Waals surface area contributed by atoms with Crippen molar-refractivity contribution in [2.75, 3.05) is 56.7 Å². The van der Waals surface area contributed by atoms with Gasteiger partial charge in [0.1, 0.15) is 47.6 Å². The number of aromatic nitrogens is 2. The van der Waals surface area contributed by atoms with E-state index in [9.17, 15) is 19.1 Å². The SMILES string of the molecule is N#Cc1c(N)sc2c(F)ccc(-c3c(Cl)c4c5c(nc(OC[C@@]67CCCN6C[C@H](F)C7)nc5c3F)N(C3COCC3O)CCO4)c12. The van der Waals surface area contributed by atoms with Crippen LogP contribution in [0.15, 0.2) is 12.1 Å². The van der Waals surface area contributed by atoms with E-state index in [1.165, 1.54) is 12.1 Å². The topological polar surface area (TPSA) is 130 Å². The van der Waals surface area contributed by atoms with Crippen LogP contribution < -0.4 is 20.1 Å². The molecule has 4 aliphatic heterocycles. The molecule has 0 bridgehead atoms. The maximum Gasteiger partial charge on any atom is 0.319 e. The number of hydrogen-bond donors (Lipinski definition) is 2. The van der Waals surface area contributed by atoms with E-state index >= 15 is 4.39 Å². The van der Waals surface area contributed by atoms with Gasteiger partial charge in [0, 0.05) is 23.9 Å². The van der Waals surface area contributed by atoms with Gasteiger partial charge >= 0.3 is 6.01 Å². The molecule has 15 heteroatoms. The summed E-state index contributed by atoms with van der Waals surface area (Å²) < 4.78 is 64.4. The Morgan fingerprint density at radius 1 is 1.24 bits per heavy atom. The van der Waals surface area contributed by atoms with E-state index in [-0.39, 0.29) is 98.3 Å². The number of nitrogen functional groups attached to an aromatic ring is 1. The number of ether oxygens (including phenoxy) is 3. The molecule has 0 aliphatic carbocycles. The zero-order valence-electron chi connectivity index (χ0n) is 24.4. The van der Waals surface area contributed by atoms with Gasteiger partial charge in [-0.25, -0.2) is 13.2 Å². The van der Waals surface area contributed by atoms with E-state index in [0.717, 1.165) is 30.7 Å². The molecule has 3 N–H and O–H groups in total. The van der Waals surface area contributed by atoms with Crippen molar-refractivity contribution in [3.05, 3.63) is 34.4 Å². The first-order valence-corrected chi connectivity index (χ1v) is 16.2. The standard InChI is InChI=1S/C31H28ClF3N6O4S/c32-23-21(15-2-3-17(34)27-20(15)16(9-36)28(37)46-27)24(35)25-22-26(23)44-7-6-41(18-11-43-12-19(18)42)29(22)39-30(38-25)45-13-31-4-1-5-40(31)10-14(33)8-31/h2-3,14,18-19,42H,1,4-8,10-13,37H2/t14-,18?,19?,31+/m1/s1. The summed E-state index contributed by atoms with van der Waals surface area (Å²) in [5.41, 5.74) is 5.39. The van der Waals surface area contributed by atoms with Gasteiger partial charge in [0.2, 0.25) is 0 Å². The third-order valence-corrected chi connectivity index (χ3v) is 11.0. The molecule has 46 heavy (non-hydrogen) atoms. The van der Waals surface area contributed by atoms with E-state index < -0.39 is 35.5 Å². The van der Waals surface area contributed by atoms with Crippen LogP contribution in [0.2, 0.25) is 5.02 Å². The molecule has 240 valence electrons. The number of fused-ring (bicyclic) bond motifs is 2. The lowest BCUT2D eigenvalue weighted by Gasteiger charge is -2.32. The summed E-state index contributed by atoms with van der Waals surface area (Å²) in [5.74, 6) is -1.13. The first kappa shape index (κ1) is 29.8. The number of nitriles is 1. The highest BCUT2D eigenvalue weighted by Gasteiger charge is 2.49. The van der Waals surface area contributed by atoms with Crippen molar-refractivity contribution in [2.45, 2.75) is 43.1 Å². The molecule has 0 amide bonds. The highest BCUT2D eigenvalue weighted by Crippen LogP contribution is 2.51. The predicted octanol–water partition coefficient (Wildman–Crippen LogP) is 4.81. The van der Waals surface area contributed by atoms with Crippen molar-refractivity contribution in [3.8, 4) is 29.0 Å². The number of aliphatic hydroxyl groups excluding tert-OH is 1. The number of alkyl halides is 1. The number of benzene rings is 2. The Labute approximate surface area is 270 Å². The molecule has 3 saturated heterocycles. The summed E-state index contributed by atoms with van der Waals surface area (Å²) in [6.45, 7) is 1.88. The number of thiophene rings is 1. The van der Waals surface area contributed by atoms with Crippen molar-refractivity contribution in [1.82, 2.24) is 14.9 Å². The van der Waals surface area contributed by atoms with Gasteiger partial charge in [0.15, 0.2) is 11.6 Å². The highest BCUT2D eigenvalue weighted by molar-refractivity contribution is 7.23. The molecule has 6 heterocycles. The van der Waals surface area contributed by atoms with Crippen molar-refractivity contribution in [1.29, 1.82) is 5.26 Å². The summed E-state index contributed by atoms with van der Waals surface area (Å²) >= 11 is 7.84. The summed E-state index contributed by atoms with van der Waals surface area (Å²) in [6, 6.07) is 3.88. The number of anilines is 2. The Kier molecular flexibility index (Phi) is 7.11. The van der Waals surface area contributed by atoms with Gasteiger partial charge in [-0.2, -0.15) is 15.2 Å². The third kappa shape index (κ3) is 4.40.